The Morgan fingerprint density at radius 1 is 1.36 bits per heavy atom. The van der Waals surface area contributed by atoms with Crippen LogP contribution in [0.4, 0.5) is 0 Å². The SMILES string of the molecule is CCCCCC1CCCN(C)S1(=O)=O. The molecule has 0 aromatic rings. The first-order valence-electron chi connectivity index (χ1n) is 5.54. The van der Waals surface area contributed by atoms with Gasteiger partial charge in [0.2, 0.25) is 10.0 Å². The molecule has 0 saturated carbocycles. The molecule has 0 aliphatic carbocycles. The number of nitrogens with zero attached hydrogens (tertiary/aromatic N) is 1. The third-order valence-electron chi connectivity index (χ3n) is 2.98. The number of hydrogen-bond donors (Lipinski definition) is 0. The van der Waals surface area contributed by atoms with E-state index in [0.717, 1.165) is 38.5 Å². The molecule has 0 aromatic heterocycles. The molecule has 1 aliphatic heterocycles. The van der Waals surface area contributed by atoms with Gasteiger partial charge in [0.05, 0.1) is 5.25 Å². The maximum absolute atomic E-state index is 11.8. The zero-order valence-corrected chi connectivity index (χ0v) is 10.0. The lowest BCUT2D eigenvalue weighted by Crippen LogP contribution is -2.41. The van der Waals surface area contributed by atoms with Gasteiger partial charge in [0, 0.05) is 13.6 Å². The highest BCUT2D eigenvalue weighted by atomic mass is 32.2. The fraction of sp³-hybridized carbons (Fsp3) is 1.00. The van der Waals surface area contributed by atoms with E-state index >= 15 is 0 Å². The summed E-state index contributed by atoms with van der Waals surface area (Å²) in [7, 11) is -1.25. The minimum absolute atomic E-state index is 0.104. The second-order valence-corrected chi connectivity index (χ2v) is 6.45. The van der Waals surface area contributed by atoms with Crippen molar-refractivity contribution < 1.29 is 8.42 Å². The van der Waals surface area contributed by atoms with Gasteiger partial charge in [-0.2, -0.15) is 0 Å². The fourth-order valence-electron chi connectivity index (χ4n) is 1.99. The summed E-state index contributed by atoms with van der Waals surface area (Å²) in [5.74, 6) is 0. The van der Waals surface area contributed by atoms with Crippen LogP contribution in [0.2, 0.25) is 0 Å². The molecule has 4 heteroatoms. The Hall–Kier alpha value is -0.0900. The van der Waals surface area contributed by atoms with Crippen LogP contribution in [0.1, 0.15) is 45.4 Å². The maximum Gasteiger partial charge on any atom is 0.216 e. The molecule has 0 aromatic carbocycles. The van der Waals surface area contributed by atoms with E-state index in [-0.39, 0.29) is 5.25 Å². The van der Waals surface area contributed by atoms with Crippen molar-refractivity contribution in [3.63, 3.8) is 0 Å². The molecule has 1 atom stereocenters. The van der Waals surface area contributed by atoms with Crippen molar-refractivity contribution >= 4 is 10.0 Å². The summed E-state index contributed by atoms with van der Waals surface area (Å²) in [5.41, 5.74) is 0. The number of hydrogen-bond acceptors (Lipinski definition) is 2. The minimum Gasteiger partial charge on any atom is -0.212 e. The summed E-state index contributed by atoms with van der Waals surface area (Å²) in [5, 5.41) is -0.104. The molecule has 1 saturated heterocycles. The molecule has 1 unspecified atom stereocenters. The van der Waals surface area contributed by atoms with E-state index in [4.69, 9.17) is 0 Å². The lowest BCUT2D eigenvalue weighted by Gasteiger charge is -2.29. The van der Waals surface area contributed by atoms with Gasteiger partial charge in [0.15, 0.2) is 0 Å². The molecule has 0 bridgehead atoms. The Labute approximate surface area is 87.5 Å². The average molecular weight is 219 g/mol. The van der Waals surface area contributed by atoms with Gasteiger partial charge in [-0.15, -0.1) is 0 Å². The molecule has 3 nitrogen and oxygen atoms in total. The molecule has 0 amide bonds. The topological polar surface area (TPSA) is 37.4 Å². The van der Waals surface area contributed by atoms with E-state index in [1.54, 1.807) is 7.05 Å². The molecular formula is C10H21NO2S. The summed E-state index contributed by atoms with van der Waals surface area (Å²) >= 11 is 0. The van der Waals surface area contributed by atoms with Gasteiger partial charge in [-0.25, -0.2) is 12.7 Å². The Kier molecular flexibility index (Phi) is 4.38. The first-order chi connectivity index (χ1) is 6.59. The highest BCUT2D eigenvalue weighted by molar-refractivity contribution is 7.89. The lowest BCUT2D eigenvalue weighted by molar-refractivity contribution is 0.398. The van der Waals surface area contributed by atoms with Gasteiger partial charge in [-0.05, 0) is 19.3 Å². The predicted molar refractivity (Wildman–Crippen MR) is 58.7 cm³/mol. The van der Waals surface area contributed by atoms with Gasteiger partial charge in [0.25, 0.3) is 0 Å². The third-order valence-corrected chi connectivity index (χ3v) is 5.35. The normalized spacial score (nSPS) is 27.7. The average Bonchev–Trinajstić information content (AvgIpc) is 2.13. The Balaban J connectivity index is 2.50. The second kappa shape index (κ2) is 5.12. The van der Waals surface area contributed by atoms with Crippen molar-refractivity contribution in [2.45, 2.75) is 50.7 Å². The van der Waals surface area contributed by atoms with E-state index in [9.17, 15) is 8.42 Å². The Bertz CT molecular complexity index is 261. The van der Waals surface area contributed by atoms with Crippen molar-refractivity contribution in [2.24, 2.45) is 0 Å². The van der Waals surface area contributed by atoms with Crippen LogP contribution in [-0.4, -0.2) is 31.6 Å². The zero-order chi connectivity index (χ0) is 10.6. The van der Waals surface area contributed by atoms with Crippen molar-refractivity contribution in [3.05, 3.63) is 0 Å². The second-order valence-electron chi connectivity index (χ2n) is 4.13. The van der Waals surface area contributed by atoms with Crippen LogP contribution in [0.5, 0.6) is 0 Å². The molecule has 84 valence electrons. The minimum atomic E-state index is -2.95. The molecule has 1 heterocycles. The standard InChI is InChI=1S/C10H21NO2S/c1-3-4-5-7-10-8-6-9-11(2)14(10,12)13/h10H,3-9H2,1-2H3. The number of rotatable bonds is 4. The summed E-state index contributed by atoms with van der Waals surface area (Å²) in [6.45, 7) is 2.84. The van der Waals surface area contributed by atoms with Crippen LogP contribution in [0.3, 0.4) is 0 Å². The highest BCUT2D eigenvalue weighted by Gasteiger charge is 2.32. The van der Waals surface area contributed by atoms with Crippen LogP contribution in [0.15, 0.2) is 0 Å². The fourth-order valence-corrected chi connectivity index (χ4v) is 3.81. The van der Waals surface area contributed by atoms with Gasteiger partial charge < -0.3 is 0 Å². The van der Waals surface area contributed by atoms with Crippen molar-refractivity contribution in [2.75, 3.05) is 13.6 Å². The molecule has 0 spiro atoms. The smallest absolute Gasteiger partial charge is 0.212 e. The van der Waals surface area contributed by atoms with Crippen LogP contribution in [-0.2, 0) is 10.0 Å². The van der Waals surface area contributed by atoms with Gasteiger partial charge >= 0.3 is 0 Å². The monoisotopic (exact) mass is 219 g/mol. The molecule has 1 aliphatic rings. The first-order valence-corrected chi connectivity index (χ1v) is 7.04. The lowest BCUT2D eigenvalue weighted by atomic mass is 10.1. The summed E-state index contributed by atoms with van der Waals surface area (Å²) in [6.07, 6.45) is 6.08. The molecule has 1 rings (SSSR count). The summed E-state index contributed by atoms with van der Waals surface area (Å²) in [6, 6.07) is 0. The van der Waals surface area contributed by atoms with Crippen LogP contribution in [0.25, 0.3) is 0 Å². The molecule has 0 radical (unpaired) electrons. The Morgan fingerprint density at radius 3 is 2.71 bits per heavy atom. The predicted octanol–water partition coefficient (Wildman–Crippen LogP) is 1.99. The largest absolute Gasteiger partial charge is 0.216 e. The quantitative estimate of drug-likeness (QED) is 0.678. The third kappa shape index (κ3) is 2.70. The van der Waals surface area contributed by atoms with E-state index in [1.165, 1.54) is 4.31 Å². The summed E-state index contributed by atoms with van der Waals surface area (Å²) < 4.78 is 25.2. The highest BCUT2D eigenvalue weighted by Crippen LogP contribution is 2.24. The summed E-state index contributed by atoms with van der Waals surface area (Å²) in [4.78, 5) is 0. The van der Waals surface area contributed by atoms with Crippen LogP contribution >= 0.6 is 0 Å². The number of unbranched alkanes of at least 4 members (excludes halogenated alkanes) is 2. The van der Waals surface area contributed by atoms with E-state index < -0.39 is 10.0 Å². The van der Waals surface area contributed by atoms with E-state index in [0.29, 0.717) is 6.54 Å². The first kappa shape index (κ1) is 12.0. The van der Waals surface area contributed by atoms with Gasteiger partial charge in [-0.1, -0.05) is 26.2 Å². The molecule has 1 fully saturated rings. The van der Waals surface area contributed by atoms with Crippen molar-refractivity contribution in [1.82, 2.24) is 4.31 Å². The molecule has 14 heavy (non-hydrogen) atoms. The maximum atomic E-state index is 11.8. The number of sulfonamides is 1. The van der Waals surface area contributed by atoms with Crippen molar-refractivity contribution in [1.29, 1.82) is 0 Å². The molecule has 0 N–H and O–H groups in total. The molecular weight excluding hydrogens is 198 g/mol. The van der Waals surface area contributed by atoms with E-state index in [2.05, 4.69) is 6.92 Å². The van der Waals surface area contributed by atoms with Crippen LogP contribution < -0.4 is 0 Å². The zero-order valence-electron chi connectivity index (χ0n) is 9.20. The van der Waals surface area contributed by atoms with Crippen LogP contribution in [0, 0.1) is 0 Å². The van der Waals surface area contributed by atoms with Crippen molar-refractivity contribution in [3.8, 4) is 0 Å². The van der Waals surface area contributed by atoms with E-state index in [1.807, 2.05) is 0 Å². The van der Waals surface area contributed by atoms with Gasteiger partial charge in [-0.3, -0.25) is 0 Å². The van der Waals surface area contributed by atoms with Gasteiger partial charge in [0.1, 0.15) is 0 Å². The Morgan fingerprint density at radius 2 is 2.07 bits per heavy atom.